The third-order valence-electron chi connectivity index (χ3n) is 5.72. The fourth-order valence-corrected chi connectivity index (χ4v) is 3.96. The molecule has 1 N–H and O–H groups in total. The van der Waals surface area contributed by atoms with Gasteiger partial charge in [-0.1, -0.05) is 30.3 Å². The minimum absolute atomic E-state index is 0. The summed E-state index contributed by atoms with van der Waals surface area (Å²) in [6.07, 6.45) is 3.73. The number of hydrogen-bond donors (Lipinski definition) is 1. The molecule has 0 saturated carbocycles. The van der Waals surface area contributed by atoms with Gasteiger partial charge in [-0.3, -0.25) is 4.99 Å². The average Bonchev–Trinajstić information content (AvgIpc) is 3.16. The Morgan fingerprint density at radius 1 is 1.11 bits per heavy atom. The van der Waals surface area contributed by atoms with Crippen LogP contribution in [0.4, 0.5) is 0 Å². The van der Waals surface area contributed by atoms with Crippen LogP contribution in [0.5, 0.6) is 0 Å². The van der Waals surface area contributed by atoms with Crippen molar-refractivity contribution in [1.82, 2.24) is 15.1 Å². The normalized spacial score (nSPS) is 21.6. The monoisotopic (exact) mass is 500 g/mol. The zero-order valence-electron chi connectivity index (χ0n) is 17.5. The van der Waals surface area contributed by atoms with E-state index in [1.165, 1.54) is 37.9 Å². The summed E-state index contributed by atoms with van der Waals surface area (Å²) < 4.78 is 5.97. The summed E-state index contributed by atoms with van der Waals surface area (Å²) >= 11 is 0. The Hall–Kier alpha value is -0.860. The number of ether oxygens (including phenoxy) is 1. The molecule has 0 amide bonds. The maximum Gasteiger partial charge on any atom is 0.193 e. The van der Waals surface area contributed by atoms with E-state index < -0.39 is 0 Å². The second-order valence-electron chi connectivity index (χ2n) is 8.04. The molecule has 3 rings (SSSR count). The molecule has 2 fully saturated rings. The first-order chi connectivity index (χ1) is 13.2. The van der Waals surface area contributed by atoms with Gasteiger partial charge in [-0.25, -0.2) is 0 Å². The number of aliphatic imine (C=N–C) groups is 1. The number of nitrogens with one attached hydrogen (secondary N) is 1. The van der Waals surface area contributed by atoms with Crippen LogP contribution in [0.15, 0.2) is 35.3 Å². The molecule has 5 nitrogen and oxygen atoms in total. The second-order valence-corrected chi connectivity index (χ2v) is 8.04. The SMILES string of the molecule is CCNC(=NCC1CCN(C)CC1)N1CCC(COCc2ccccc2)C1.I. The maximum atomic E-state index is 5.97. The van der Waals surface area contributed by atoms with Crippen LogP contribution in [0.3, 0.4) is 0 Å². The van der Waals surface area contributed by atoms with Gasteiger partial charge < -0.3 is 19.9 Å². The molecule has 2 aliphatic heterocycles. The standard InChI is InChI=1S/C22H36N4O.HI/c1-3-23-22(24-15-19-9-12-25(2)13-10-19)26-14-11-21(16-26)18-27-17-20-7-5-4-6-8-20;/h4-8,19,21H,3,9-18H2,1-2H3,(H,23,24);1H. The summed E-state index contributed by atoms with van der Waals surface area (Å²) in [5, 5.41) is 3.50. The molecule has 0 radical (unpaired) electrons. The zero-order chi connectivity index (χ0) is 18.9. The number of rotatable bonds is 7. The van der Waals surface area contributed by atoms with Gasteiger partial charge >= 0.3 is 0 Å². The highest BCUT2D eigenvalue weighted by Gasteiger charge is 2.25. The van der Waals surface area contributed by atoms with Crippen LogP contribution in [0.1, 0.15) is 31.7 Å². The number of piperidine rings is 1. The van der Waals surface area contributed by atoms with E-state index in [0.717, 1.165) is 44.7 Å². The highest BCUT2D eigenvalue weighted by atomic mass is 127. The van der Waals surface area contributed by atoms with E-state index in [2.05, 4.69) is 53.4 Å². The molecule has 2 aliphatic rings. The van der Waals surface area contributed by atoms with Gasteiger partial charge in [0, 0.05) is 32.1 Å². The quantitative estimate of drug-likeness (QED) is 0.354. The fraction of sp³-hybridized carbons (Fsp3) is 0.682. The van der Waals surface area contributed by atoms with Crippen molar-refractivity contribution in [3.63, 3.8) is 0 Å². The van der Waals surface area contributed by atoms with E-state index in [1.54, 1.807) is 0 Å². The van der Waals surface area contributed by atoms with Gasteiger partial charge in [0.15, 0.2) is 5.96 Å². The lowest BCUT2D eigenvalue weighted by atomic mass is 9.97. The molecule has 28 heavy (non-hydrogen) atoms. The fourth-order valence-electron chi connectivity index (χ4n) is 3.96. The van der Waals surface area contributed by atoms with Crippen molar-refractivity contribution in [1.29, 1.82) is 0 Å². The Morgan fingerprint density at radius 2 is 1.82 bits per heavy atom. The minimum Gasteiger partial charge on any atom is -0.376 e. The van der Waals surface area contributed by atoms with Crippen molar-refractivity contribution >= 4 is 29.9 Å². The lowest BCUT2D eigenvalue weighted by Gasteiger charge is -2.28. The van der Waals surface area contributed by atoms with E-state index >= 15 is 0 Å². The highest BCUT2D eigenvalue weighted by molar-refractivity contribution is 14.0. The Bertz CT molecular complexity index is 575. The van der Waals surface area contributed by atoms with Crippen LogP contribution in [-0.4, -0.2) is 68.7 Å². The van der Waals surface area contributed by atoms with Crippen LogP contribution in [0.25, 0.3) is 0 Å². The van der Waals surface area contributed by atoms with Crippen molar-refractivity contribution < 1.29 is 4.74 Å². The topological polar surface area (TPSA) is 40.1 Å². The van der Waals surface area contributed by atoms with Crippen molar-refractivity contribution in [3.8, 4) is 0 Å². The lowest BCUT2D eigenvalue weighted by Crippen LogP contribution is -2.41. The van der Waals surface area contributed by atoms with Crippen LogP contribution in [-0.2, 0) is 11.3 Å². The molecular weight excluding hydrogens is 463 g/mol. The molecule has 0 spiro atoms. The Kier molecular flexibility index (Phi) is 10.6. The smallest absolute Gasteiger partial charge is 0.193 e. The predicted molar refractivity (Wildman–Crippen MR) is 127 cm³/mol. The Labute approximate surface area is 187 Å². The lowest BCUT2D eigenvalue weighted by molar-refractivity contribution is 0.0906. The molecular formula is C22H37IN4O. The molecule has 1 aromatic rings. The van der Waals surface area contributed by atoms with E-state index in [1.807, 2.05) is 6.07 Å². The van der Waals surface area contributed by atoms with Crippen molar-refractivity contribution in [2.75, 3.05) is 52.9 Å². The van der Waals surface area contributed by atoms with Crippen molar-refractivity contribution in [2.24, 2.45) is 16.8 Å². The first kappa shape index (κ1) is 23.4. The van der Waals surface area contributed by atoms with Gasteiger partial charge in [0.05, 0.1) is 13.2 Å². The average molecular weight is 500 g/mol. The van der Waals surface area contributed by atoms with E-state index in [0.29, 0.717) is 12.5 Å². The van der Waals surface area contributed by atoms with Gasteiger partial charge in [-0.05, 0) is 57.8 Å². The number of halogens is 1. The molecule has 0 bridgehead atoms. The molecule has 158 valence electrons. The minimum atomic E-state index is 0. The number of nitrogens with zero attached hydrogens (tertiary/aromatic N) is 3. The molecule has 2 saturated heterocycles. The van der Waals surface area contributed by atoms with Gasteiger partial charge in [0.2, 0.25) is 0 Å². The Morgan fingerprint density at radius 3 is 2.54 bits per heavy atom. The maximum absolute atomic E-state index is 5.97. The molecule has 1 unspecified atom stereocenters. The predicted octanol–water partition coefficient (Wildman–Crippen LogP) is 3.45. The van der Waals surface area contributed by atoms with E-state index in [-0.39, 0.29) is 24.0 Å². The molecule has 0 aliphatic carbocycles. The summed E-state index contributed by atoms with van der Waals surface area (Å²) in [5.41, 5.74) is 1.25. The van der Waals surface area contributed by atoms with Crippen LogP contribution in [0.2, 0.25) is 0 Å². The van der Waals surface area contributed by atoms with Crippen LogP contribution in [0, 0.1) is 11.8 Å². The van der Waals surface area contributed by atoms with Crippen LogP contribution >= 0.6 is 24.0 Å². The summed E-state index contributed by atoms with van der Waals surface area (Å²) in [6.45, 7) is 10.1. The number of guanidine groups is 1. The summed E-state index contributed by atoms with van der Waals surface area (Å²) in [7, 11) is 2.22. The van der Waals surface area contributed by atoms with Gasteiger partial charge in [0.1, 0.15) is 0 Å². The zero-order valence-corrected chi connectivity index (χ0v) is 19.8. The summed E-state index contributed by atoms with van der Waals surface area (Å²) in [6, 6.07) is 10.4. The van der Waals surface area contributed by atoms with Gasteiger partial charge in [0.25, 0.3) is 0 Å². The Balaban J connectivity index is 0.00000280. The summed E-state index contributed by atoms with van der Waals surface area (Å²) in [4.78, 5) is 9.83. The first-order valence-corrected chi connectivity index (χ1v) is 10.6. The van der Waals surface area contributed by atoms with Gasteiger partial charge in [-0.2, -0.15) is 0 Å². The molecule has 1 aromatic carbocycles. The number of likely N-dealkylation sites (tertiary alicyclic amines) is 2. The molecule has 2 heterocycles. The van der Waals surface area contributed by atoms with Crippen molar-refractivity contribution in [2.45, 2.75) is 32.8 Å². The van der Waals surface area contributed by atoms with Gasteiger partial charge in [-0.15, -0.1) is 24.0 Å². The molecule has 1 atom stereocenters. The number of hydrogen-bond acceptors (Lipinski definition) is 3. The largest absolute Gasteiger partial charge is 0.376 e. The number of benzene rings is 1. The summed E-state index contributed by atoms with van der Waals surface area (Å²) in [5.74, 6) is 2.44. The third-order valence-corrected chi connectivity index (χ3v) is 5.72. The first-order valence-electron chi connectivity index (χ1n) is 10.6. The molecule has 0 aromatic heterocycles. The molecule has 6 heteroatoms. The third kappa shape index (κ3) is 7.52. The highest BCUT2D eigenvalue weighted by Crippen LogP contribution is 2.19. The van der Waals surface area contributed by atoms with E-state index in [4.69, 9.17) is 9.73 Å². The van der Waals surface area contributed by atoms with Crippen LogP contribution < -0.4 is 5.32 Å². The second kappa shape index (κ2) is 12.6. The van der Waals surface area contributed by atoms with E-state index in [9.17, 15) is 0 Å². The van der Waals surface area contributed by atoms with Crippen molar-refractivity contribution in [3.05, 3.63) is 35.9 Å².